The number of hydrogen-bond donors (Lipinski definition) is 1. The van der Waals surface area contributed by atoms with Gasteiger partial charge < -0.3 is 0 Å². The first-order valence-corrected chi connectivity index (χ1v) is 8.26. The van der Waals surface area contributed by atoms with Crippen molar-refractivity contribution < 1.29 is 8.42 Å². The molecular weight excluding hydrogens is 258 g/mol. The van der Waals surface area contributed by atoms with Gasteiger partial charge in [-0.05, 0) is 60.4 Å². The molecule has 0 radical (unpaired) electrons. The van der Waals surface area contributed by atoms with Crippen molar-refractivity contribution in [2.24, 2.45) is 0 Å². The van der Waals surface area contributed by atoms with E-state index < -0.39 is 10.0 Å². The molecule has 0 fully saturated rings. The predicted molar refractivity (Wildman–Crippen MR) is 78.1 cm³/mol. The minimum absolute atomic E-state index is 0.0344. The Morgan fingerprint density at radius 2 is 1.84 bits per heavy atom. The molecule has 106 valence electrons. The quantitative estimate of drug-likeness (QED) is 0.795. The summed E-state index contributed by atoms with van der Waals surface area (Å²) in [6.07, 6.45) is 1.69. The smallest absolute Gasteiger partial charge is 0.211 e. The van der Waals surface area contributed by atoms with Crippen LogP contribution in [0.5, 0.6) is 0 Å². The Hall–Kier alpha value is -0.870. The van der Waals surface area contributed by atoms with E-state index in [1.54, 1.807) is 0 Å². The molecule has 4 heteroatoms. The molecule has 1 aromatic carbocycles. The normalized spacial score (nSPS) is 18.8. The first-order valence-electron chi connectivity index (χ1n) is 6.78. The molecule has 0 spiro atoms. The van der Waals surface area contributed by atoms with Crippen LogP contribution in [-0.4, -0.2) is 15.0 Å². The number of rotatable bonds is 0. The Kier molecular flexibility index (Phi) is 3.52. The van der Waals surface area contributed by atoms with E-state index in [0.717, 1.165) is 29.5 Å². The van der Waals surface area contributed by atoms with Crippen LogP contribution >= 0.6 is 0 Å². The third kappa shape index (κ3) is 2.56. The maximum absolute atomic E-state index is 12.2. The highest BCUT2D eigenvalue weighted by atomic mass is 32.2. The lowest BCUT2D eigenvalue weighted by Gasteiger charge is -2.27. The molecule has 3 nitrogen and oxygen atoms in total. The van der Waals surface area contributed by atoms with Gasteiger partial charge in [-0.3, -0.25) is 0 Å². The topological polar surface area (TPSA) is 46.2 Å². The zero-order valence-electron chi connectivity index (χ0n) is 12.4. The van der Waals surface area contributed by atoms with Gasteiger partial charge in [-0.1, -0.05) is 20.8 Å². The second-order valence-electron chi connectivity index (χ2n) is 6.42. The molecular formula is C15H23NO2S. The predicted octanol–water partition coefficient (Wildman–Crippen LogP) is 2.83. The van der Waals surface area contributed by atoms with Gasteiger partial charge in [0.25, 0.3) is 0 Å². The standard InChI is InChI=1S/C15H23NO2S/c1-10-9-13-12(7-6-8-16-19(13,17)18)11(2)14(10)15(3,4)5/h9,16H,6-8H2,1-5H3. The third-order valence-electron chi connectivity index (χ3n) is 3.80. The van der Waals surface area contributed by atoms with Gasteiger partial charge in [0.2, 0.25) is 10.0 Å². The van der Waals surface area contributed by atoms with Crippen molar-refractivity contribution in [3.8, 4) is 0 Å². The second-order valence-corrected chi connectivity index (χ2v) is 8.16. The van der Waals surface area contributed by atoms with E-state index in [1.165, 1.54) is 5.56 Å². The van der Waals surface area contributed by atoms with Crippen molar-refractivity contribution in [2.75, 3.05) is 6.54 Å². The van der Waals surface area contributed by atoms with Gasteiger partial charge in [0, 0.05) is 6.54 Å². The van der Waals surface area contributed by atoms with Crippen molar-refractivity contribution in [3.63, 3.8) is 0 Å². The molecule has 1 aliphatic rings. The van der Waals surface area contributed by atoms with E-state index in [0.29, 0.717) is 11.4 Å². The molecule has 0 saturated carbocycles. The van der Waals surface area contributed by atoms with Crippen LogP contribution in [0.25, 0.3) is 0 Å². The maximum Gasteiger partial charge on any atom is 0.240 e. The van der Waals surface area contributed by atoms with E-state index in [2.05, 4.69) is 32.4 Å². The largest absolute Gasteiger partial charge is 0.240 e. The Morgan fingerprint density at radius 1 is 1.21 bits per heavy atom. The lowest BCUT2D eigenvalue weighted by atomic mass is 9.79. The van der Waals surface area contributed by atoms with Crippen LogP contribution in [0.15, 0.2) is 11.0 Å². The molecule has 19 heavy (non-hydrogen) atoms. The number of sulfonamides is 1. The van der Waals surface area contributed by atoms with Gasteiger partial charge in [-0.15, -0.1) is 0 Å². The summed E-state index contributed by atoms with van der Waals surface area (Å²) in [6.45, 7) is 11.1. The molecule has 1 heterocycles. The van der Waals surface area contributed by atoms with Crippen molar-refractivity contribution in [1.29, 1.82) is 0 Å². The number of hydrogen-bond acceptors (Lipinski definition) is 2. The molecule has 0 atom stereocenters. The molecule has 0 unspecified atom stereocenters. The first-order chi connectivity index (χ1) is 8.64. The highest BCUT2D eigenvalue weighted by Gasteiger charge is 2.28. The molecule has 0 bridgehead atoms. The van der Waals surface area contributed by atoms with Crippen LogP contribution in [0.3, 0.4) is 0 Å². The maximum atomic E-state index is 12.2. The van der Waals surface area contributed by atoms with E-state index in [-0.39, 0.29) is 5.41 Å². The average Bonchev–Trinajstić information content (AvgIpc) is 2.37. The van der Waals surface area contributed by atoms with Gasteiger partial charge in [-0.2, -0.15) is 0 Å². The monoisotopic (exact) mass is 281 g/mol. The fraction of sp³-hybridized carbons (Fsp3) is 0.600. The minimum atomic E-state index is -3.34. The number of benzene rings is 1. The van der Waals surface area contributed by atoms with Crippen molar-refractivity contribution >= 4 is 10.0 Å². The van der Waals surface area contributed by atoms with Crippen LogP contribution in [0.4, 0.5) is 0 Å². The van der Waals surface area contributed by atoms with Gasteiger partial charge >= 0.3 is 0 Å². The molecule has 1 aliphatic heterocycles. The van der Waals surface area contributed by atoms with Gasteiger partial charge in [0.15, 0.2) is 0 Å². The molecule has 2 rings (SSSR count). The van der Waals surface area contributed by atoms with Crippen LogP contribution in [0.1, 0.15) is 49.4 Å². The van der Waals surface area contributed by atoms with Crippen molar-refractivity contribution in [1.82, 2.24) is 4.72 Å². The number of fused-ring (bicyclic) bond motifs is 1. The molecule has 1 N–H and O–H groups in total. The Bertz CT molecular complexity index is 610. The Balaban J connectivity index is 2.80. The van der Waals surface area contributed by atoms with E-state index in [4.69, 9.17) is 0 Å². The highest BCUT2D eigenvalue weighted by molar-refractivity contribution is 7.89. The Labute approximate surface area is 116 Å². The van der Waals surface area contributed by atoms with E-state index >= 15 is 0 Å². The first kappa shape index (κ1) is 14.5. The highest BCUT2D eigenvalue weighted by Crippen LogP contribution is 2.35. The average molecular weight is 281 g/mol. The third-order valence-corrected chi connectivity index (χ3v) is 5.33. The molecule has 0 amide bonds. The molecule has 0 saturated heterocycles. The zero-order valence-corrected chi connectivity index (χ0v) is 13.2. The summed E-state index contributed by atoms with van der Waals surface area (Å²) in [7, 11) is -3.34. The fourth-order valence-corrected chi connectivity index (χ4v) is 4.72. The van der Waals surface area contributed by atoms with Gasteiger partial charge in [0.05, 0.1) is 4.90 Å². The summed E-state index contributed by atoms with van der Waals surface area (Å²) >= 11 is 0. The summed E-state index contributed by atoms with van der Waals surface area (Å²) in [5, 5.41) is 0. The van der Waals surface area contributed by atoms with Crippen LogP contribution < -0.4 is 4.72 Å². The summed E-state index contributed by atoms with van der Waals surface area (Å²) in [4.78, 5) is 0.480. The van der Waals surface area contributed by atoms with E-state index in [1.807, 2.05) is 13.0 Å². The van der Waals surface area contributed by atoms with E-state index in [9.17, 15) is 8.42 Å². The summed E-state index contributed by atoms with van der Waals surface area (Å²) in [5.74, 6) is 0. The molecule has 0 aromatic heterocycles. The second kappa shape index (κ2) is 4.60. The lowest BCUT2D eigenvalue weighted by Crippen LogP contribution is -2.24. The summed E-state index contributed by atoms with van der Waals surface area (Å²) in [5.41, 5.74) is 4.53. The van der Waals surface area contributed by atoms with Gasteiger partial charge in [-0.25, -0.2) is 13.1 Å². The number of aryl methyl sites for hydroxylation is 1. The molecule has 1 aromatic rings. The summed E-state index contributed by atoms with van der Waals surface area (Å²) in [6, 6.07) is 1.84. The van der Waals surface area contributed by atoms with Gasteiger partial charge in [0.1, 0.15) is 0 Å². The Morgan fingerprint density at radius 3 is 2.42 bits per heavy atom. The van der Waals surface area contributed by atoms with Crippen LogP contribution in [-0.2, 0) is 21.9 Å². The van der Waals surface area contributed by atoms with Crippen LogP contribution in [0, 0.1) is 13.8 Å². The van der Waals surface area contributed by atoms with Crippen LogP contribution in [0.2, 0.25) is 0 Å². The zero-order chi connectivity index (χ0) is 14.4. The fourth-order valence-electron chi connectivity index (χ4n) is 3.24. The van der Waals surface area contributed by atoms with Crippen molar-refractivity contribution in [3.05, 3.63) is 28.3 Å². The summed E-state index contributed by atoms with van der Waals surface area (Å²) < 4.78 is 27.2. The lowest BCUT2D eigenvalue weighted by molar-refractivity contribution is 0.575. The SMILES string of the molecule is Cc1cc2c(c(C)c1C(C)(C)C)CCCNS2(=O)=O. The minimum Gasteiger partial charge on any atom is -0.211 e. The number of nitrogens with one attached hydrogen (secondary N) is 1. The molecule has 0 aliphatic carbocycles. The van der Waals surface area contributed by atoms with Crippen molar-refractivity contribution in [2.45, 2.75) is 57.8 Å².